The fourth-order valence-corrected chi connectivity index (χ4v) is 6.25. The van der Waals surface area contributed by atoms with Crippen molar-refractivity contribution < 1.29 is 13.2 Å². The number of nitrogens with one attached hydrogen (secondary N) is 2. The van der Waals surface area contributed by atoms with Crippen LogP contribution in [-0.2, 0) is 15.8 Å². The van der Waals surface area contributed by atoms with Crippen molar-refractivity contribution in [3.8, 4) is 0 Å². The standard InChI is InChI=1S/C25H26Cl2N2O3S2/c1-16-7-8-17(2)23(13-16)29-34(31,32)24-14-19(10-9-18(24)3)25(30)28-11-12-33-15-20-21(26)5-4-6-22(20)27/h4-10,13-14,29H,11-12,15H2,1-3H3,(H,28,30). The number of hydrogen-bond donors (Lipinski definition) is 2. The van der Waals surface area contributed by atoms with Crippen LogP contribution < -0.4 is 10.0 Å². The van der Waals surface area contributed by atoms with Gasteiger partial charge in [0.2, 0.25) is 0 Å². The number of anilines is 1. The third-order valence-corrected chi connectivity index (χ3v) is 8.42. The van der Waals surface area contributed by atoms with Gasteiger partial charge in [0.15, 0.2) is 0 Å². The molecule has 3 aromatic carbocycles. The summed E-state index contributed by atoms with van der Waals surface area (Å²) in [7, 11) is -3.87. The normalized spacial score (nSPS) is 11.3. The van der Waals surface area contributed by atoms with Crippen molar-refractivity contribution in [2.75, 3.05) is 17.0 Å². The molecule has 3 rings (SSSR count). The minimum atomic E-state index is -3.87. The Morgan fingerprint density at radius 2 is 1.62 bits per heavy atom. The lowest BCUT2D eigenvalue weighted by Gasteiger charge is -2.14. The summed E-state index contributed by atoms with van der Waals surface area (Å²) in [6.45, 7) is 5.86. The van der Waals surface area contributed by atoms with E-state index in [0.29, 0.717) is 39.3 Å². The van der Waals surface area contributed by atoms with Crippen LogP contribution >= 0.6 is 35.0 Å². The van der Waals surface area contributed by atoms with Gasteiger partial charge in [-0.2, -0.15) is 11.8 Å². The lowest BCUT2D eigenvalue weighted by atomic mass is 10.1. The van der Waals surface area contributed by atoms with Gasteiger partial charge in [0.1, 0.15) is 0 Å². The first kappa shape index (κ1) is 26.4. The van der Waals surface area contributed by atoms with Crippen molar-refractivity contribution in [1.82, 2.24) is 5.32 Å². The average molecular weight is 538 g/mol. The van der Waals surface area contributed by atoms with Gasteiger partial charge >= 0.3 is 0 Å². The van der Waals surface area contributed by atoms with Gasteiger partial charge in [-0.25, -0.2) is 8.42 Å². The molecular weight excluding hydrogens is 511 g/mol. The van der Waals surface area contributed by atoms with E-state index >= 15 is 0 Å². The molecule has 0 saturated carbocycles. The van der Waals surface area contributed by atoms with Crippen LogP contribution in [0.2, 0.25) is 10.0 Å². The number of aryl methyl sites for hydroxylation is 3. The summed E-state index contributed by atoms with van der Waals surface area (Å²) >= 11 is 14.0. The first-order valence-corrected chi connectivity index (χ1v) is 14.0. The fraction of sp³-hybridized carbons (Fsp3) is 0.240. The Hall–Kier alpha value is -2.19. The molecule has 0 aromatic heterocycles. The zero-order chi connectivity index (χ0) is 24.9. The average Bonchev–Trinajstić information content (AvgIpc) is 2.77. The van der Waals surface area contributed by atoms with E-state index in [9.17, 15) is 13.2 Å². The quantitative estimate of drug-likeness (QED) is 0.311. The highest BCUT2D eigenvalue weighted by Gasteiger charge is 2.20. The van der Waals surface area contributed by atoms with Crippen LogP contribution in [0.3, 0.4) is 0 Å². The second-order valence-corrected chi connectivity index (χ2v) is 11.5. The molecule has 0 saturated heterocycles. The Labute approximate surface area is 215 Å². The molecule has 0 spiro atoms. The molecule has 3 aromatic rings. The van der Waals surface area contributed by atoms with Crippen LogP contribution in [0.25, 0.3) is 0 Å². The van der Waals surface area contributed by atoms with Crippen LogP contribution in [0.4, 0.5) is 5.69 Å². The van der Waals surface area contributed by atoms with Gasteiger partial charge < -0.3 is 5.32 Å². The maximum absolute atomic E-state index is 13.1. The zero-order valence-electron chi connectivity index (χ0n) is 19.1. The fourth-order valence-electron chi connectivity index (χ4n) is 3.26. The molecule has 1 amide bonds. The molecule has 0 aliphatic rings. The number of sulfonamides is 1. The Balaban J connectivity index is 1.63. The van der Waals surface area contributed by atoms with Crippen LogP contribution in [0.5, 0.6) is 0 Å². The molecule has 0 aliphatic carbocycles. The molecule has 5 nitrogen and oxygen atoms in total. The topological polar surface area (TPSA) is 75.3 Å². The smallest absolute Gasteiger partial charge is 0.262 e. The van der Waals surface area contributed by atoms with Gasteiger partial charge in [-0.1, -0.05) is 47.5 Å². The lowest BCUT2D eigenvalue weighted by molar-refractivity contribution is 0.0956. The molecule has 0 bridgehead atoms. The molecule has 0 aliphatic heterocycles. The number of carbonyl (C=O) groups is 1. The molecule has 180 valence electrons. The van der Waals surface area contributed by atoms with Gasteiger partial charge in [-0.05, 0) is 73.4 Å². The predicted molar refractivity (Wildman–Crippen MR) is 143 cm³/mol. The third-order valence-electron chi connectivity index (χ3n) is 5.22. The van der Waals surface area contributed by atoms with Crippen molar-refractivity contribution in [1.29, 1.82) is 0 Å². The Morgan fingerprint density at radius 1 is 0.941 bits per heavy atom. The van der Waals surface area contributed by atoms with E-state index in [0.717, 1.165) is 16.7 Å². The summed E-state index contributed by atoms with van der Waals surface area (Å²) in [6, 6.07) is 15.6. The van der Waals surface area contributed by atoms with Crippen molar-refractivity contribution in [3.63, 3.8) is 0 Å². The molecule has 34 heavy (non-hydrogen) atoms. The first-order chi connectivity index (χ1) is 16.1. The SMILES string of the molecule is Cc1ccc(C)c(NS(=O)(=O)c2cc(C(=O)NCCSCc3c(Cl)cccc3Cl)ccc2C)c1. The Kier molecular flexibility index (Phi) is 8.93. The van der Waals surface area contributed by atoms with E-state index in [4.69, 9.17) is 23.2 Å². The highest BCUT2D eigenvalue weighted by molar-refractivity contribution is 7.98. The maximum atomic E-state index is 13.1. The molecule has 0 heterocycles. The summed E-state index contributed by atoms with van der Waals surface area (Å²) in [5.74, 6) is 0.948. The van der Waals surface area contributed by atoms with Crippen molar-refractivity contribution >= 4 is 56.6 Å². The van der Waals surface area contributed by atoms with Gasteiger partial charge in [0, 0.05) is 33.7 Å². The summed E-state index contributed by atoms with van der Waals surface area (Å²) in [5, 5.41) is 4.07. The number of amides is 1. The van der Waals surface area contributed by atoms with Crippen LogP contribution in [0.1, 0.15) is 32.6 Å². The Morgan fingerprint density at radius 3 is 2.32 bits per heavy atom. The maximum Gasteiger partial charge on any atom is 0.262 e. The second-order valence-electron chi connectivity index (χ2n) is 7.91. The predicted octanol–water partition coefficient (Wildman–Crippen LogP) is 6.38. The monoisotopic (exact) mass is 536 g/mol. The van der Waals surface area contributed by atoms with Gasteiger partial charge in [0.25, 0.3) is 15.9 Å². The summed E-state index contributed by atoms with van der Waals surface area (Å²) in [4.78, 5) is 12.7. The van der Waals surface area contributed by atoms with Gasteiger partial charge in [-0.3, -0.25) is 9.52 Å². The second kappa shape index (κ2) is 11.5. The Bertz CT molecular complexity index is 1290. The minimum absolute atomic E-state index is 0.0730. The number of thioether (sulfide) groups is 1. The number of benzene rings is 3. The van der Waals surface area contributed by atoms with E-state index in [1.54, 1.807) is 55.1 Å². The van der Waals surface area contributed by atoms with Crippen LogP contribution in [0, 0.1) is 20.8 Å². The van der Waals surface area contributed by atoms with Gasteiger partial charge in [0.05, 0.1) is 10.6 Å². The van der Waals surface area contributed by atoms with E-state index in [1.807, 2.05) is 26.0 Å². The highest BCUT2D eigenvalue weighted by Crippen LogP contribution is 2.28. The zero-order valence-corrected chi connectivity index (χ0v) is 22.3. The van der Waals surface area contributed by atoms with Crippen molar-refractivity contribution in [3.05, 3.63) is 92.5 Å². The molecule has 0 unspecified atom stereocenters. The van der Waals surface area contributed by atoms with Gasteiger partial charge in [-0.15, -0.1) is 0 Å². The van der Waals surface area contributed by atoms with E-state index in [1.165, 1.54) is 6.07 Å². The molecule has 0 atom stereocenters. The molecule has 2 N–H and O–H groups in total. The molecule has 0 radical (unpaired) electrons. The minimum Gasteiger partial charge on any atom is -0.351 e. The van der Waals surface area contributed by atoms with E-state index in [2.05, 4.69) is 10.0 Å². The first-order valence-electron chi connectivity index (χ1n) is 10.6. The third kappa shape index (κ3) is 6.69. The number of rotatable bonds is 9. The van der Waals surface area contributed by atoms with E-state index < -0.39 is 10.0 Å². The van der Waals surface area contributed by atoms with Crippen molar-refractivity contribution in [2.45, 2.75) is 31.4 Å². The largest absolute Gasteiger partial charge is 0.351 e. The molecule has 0 fully saturated rings. The highest BCUT2D eigenvalue weighted by atomic mass is 35.5. The lowest BCUT2D eigenvalue weighted by Crippen LogP contribution is -2.26. The van der Waals surface area contributed by atoms with E-state index in [-0.39, 0.29) is 16.4 Å². The molecular formula is C25H26Cl2N2O3S2. The summed E-state index contributed by atoms with van der Waals surface area (Å²) in [6.07, 6.45) is 0. The number of hydrogen-bond acceptors (Lipinski definition) is 4. The molecule has 9 heteroatoms. The summed E-state index contributed by atoms with van der Waals surface area (Å²) < 4.78 is 28.8. The number of halogens is 2. The summed E-state index contributed by atoms with van der Waals surface area (Å²) in [5.41, 5.74) is 3.99. The van der Waals surface area contributed by atoms with Crippen LogP contribution in [-0.4, -0.2) is 26.6 Å². The number of carbonyl (C=O) groups excluding carboxylic acids is 1. The van der Waals surface area contributed by atoms with Crippen LogP contribution in [0.15, 0.2) is 59.5 Å². The van der Waals surface area contributed by atoms with Crippen molar-refractivity contribution in [2.24, 2.45) is 0 Å².